The maximum atomic E-state index is 12.5. The molecule has 0 atom stereocenters. The van der Waals surface area contributed by atoms with Crippen molar-refractivity contribution >= 4 is 22.9 Å². The summed E-state index contributed by atoms with van der Waals surface area (Å²) in [6.45, 7) is 2.70. The highest BCUT2D eigenvalue weighted by molar-refractivity contribution is 5.87. The molecule has 22 heavy (non-hydrogen) atoms. The fraction of sp³-hybridized carbons (Fsp3) is 0.294. The molecule has 0 aliphatic carbocycles. The summed E-state index contributed by atoms with van der Waals surface area (Å²) in [5.74, 6) is -0.434. The third-order valence-electron chi connectivity index (χ3n) is 3.36. The molecular weight excluding hydrogens is 282 g/mol. The van der Waals surface area contributed by atoms with E-state index in [2.05, 4.69) is 6.92 Å². The summed E-state index contributed by atoms with van der Waals surface area (Å²) >= 11 is 0. The molecule has 0 saturated heterocycles. The van der Waals surface area contributed by atoms with Crippen LogP contribution in [0.25, 0.3) is 17.0 Å². The molecule has 1 aromatic carbocycles. The number of rotatable bonds is 6. The Hall–Kier alpha value is -2.56. The van der Waals surface area contributed by atoms with Crippen LogP contribution in [0.3, 0.4) is 0 Å². The highest BCUT2D eigenvalue weighted by atomic mass is 16.5. The van der Waals surface area contributed by atoms with E-state index in [1.165, 1.54) is 6.08 Å². The molecular formula is C17H19NO4. The van der Waals surface area contributed by atoms with Crippen LogP contribution in [0.1, 0.15) is 25.3 Å². The fourth-order valence-electron chi connectivity index (χ4n) is 2.20. The third kappa shape index (κ3) is 3.55. The highest BCUT2D eigenvalue weighted by Crippen LogP contribution is 2.19. The van der Waals surface area contributed by atoms with Crippen LogP contribution < -0.4 is 10.2 Å². The standard InChI is InChI=1S/C17H19NO4/c1-3-4-9-22-13-6-7-15-14(10-13)17(21)12(11-18(15)2)5-8-16(19)20/h5-8,10-11H,3-4,9H2,1-2H3,(H,19,20). The van der Waals surface area contributed by atoms with Gasteiger partial charge >= 0.3 is 5.97 Å². The minimum Gasteiger partial charge on any atom is -0.494 e. The van der Waals surface area contributed by atoms with E-state index in [-0.39, 0.29) is 5.43 Å². The number of aryl methyl sites for hydroxylation is 1. The lowest BCUT2D eigenvalue weighted by atomic mass is 10.1. The molecule has 0 radical (unpaired) electrons. The number of pyridine rings is 1. The summed E-state index contributed by atoms with van der Waals surface area (Å²) < 4.78 is 7.43. The molecule has 116 valence electrons. The normalized spacial score (nSPS) is 11.2. The molecule has 0 fully saturated rings. The van der Waals surface area contributed by atoms with Gasteiger partial charge in [0.1, 0.15) is 5.75 Å². The molecule has 2 aromatic rings. The third-order valence-corrected chi connectivity index (χ3v) is 3.36. The maximum absolute atomic E-state index is 12.5. The molecule has 0 aliphatic rings. The first-order chi connectivity index (χ1) is 10.5. The van der Waals surface area contributed by atoms with Gasteiger partial charge in [-0.15, -0.1) is 0 Å². The van der Waals surface area contributed by atoms with Gasteiger partial charge in [-0.1, -0.05) is 13.3 Å². The molecule has 1 N–H and O–H groups in total. The van der Waals surface area contributed by atoms with Crippen LogP contribution in [-0.2, 0) is 11.8 Å². The van der Waals surface area contributed by atoms with Gasteiger partial charge in [-0.2, -0.15) is 0 Å². The SMILES string of the molecule is CCCCOc1ccc2c(c1)c(=O)c(C=CC(=O)O)cn2C. The number of hydrogen-bond donors (Lipinski definition) is 1. The zero-order chi connectivity index (χ0) is 16.1. The van der Waals surface area contributed by atoms with E-state index in [1.807, 2.05) is 19.2 Å². The van der Waals surface area contributed by atoms with E-state index in [1.54, 1.807) is 16.8 Å². The lowest BCUT2D eigenvalue weighted by Crippen LogP contribution is -2.11. The van der Waals surface area contributed by atoms with E-state index in [9.17, 15) is 9.59 Å². The molecule has 0 saturated carbocycles. The number of nitrogens with zero attached hydrogens (tertiary/aromatic N) is 1. The van der Waals surface area contributed by atoms with E-state index < -0.39 is 5.97 Å². The first-order valence-corrected chi connectivity index (χ1v) is 7.20. The Bertz CT molecular complexity index is 774. The highest BCUT2D eigenvalue weighted by Gasteiger charge is 2.07. The second-order valence-corrected chi connectivity index (χ2v) is 5.08. The van der Waals surface area contributed by atoms with Crippen LogP contribution in [0.15, 0.2) is 35.3 Å². The van der Waals surface area contributed by atoms with Crippen LogP contribution in [-0.4, -0.2) is 22.2 Å². The zero-order valence-corrected chi connectivity index (χ0v) is 12.7. The summed E-state index contributed by atoms with van der Waals surface area (Å²) in [6.07, 6.45) is 5.90. The van der Waals surface area contributed by atoms with E-state index in [4.69, 9.17) is 9.84 Å². The van der Waals surface area contributed by atoms with Gasteiger partial charge < -0.3 is 14.4 Å². The number of aliphatic carboxylic acids is 1. The number of benzene rings is 1. The summed E-state index contributed by atoms with van der Waals surface area (Å²) in [7, 11) is 1.82. The molecule has 0 amide bonds. The second kappa shape index (κ2) is 6.93. The Labute approximate surface area is 128 Å². The summed E-state index contributed by atoms with van der Waals surface area (Å²) in [5, 5.41) is 9.21. The number of carboxylic acid groups (broad SMARTS) is 1. The largest absolute Gasteiger partial charge is 0.494 e. The Morgan fingerprint density at radius 2 is 2.18 bits per heavy atom. The smallest absolute Gasteiger partial charge is 0.328 e. The van der Waals surface area contributed by atoms with Crippen molar-refractivity contribution in [2.45, 2.75) is 19.8 Å². The van der Waals surface area contributed by atoms with Gasteiger partial charge in [0.2, 0.25) is 0 Å². The summed E-state index contributed by atoms with van der Waals surface area (Å²) in [5.41, 5.74) is 0.912. The van der Waals surface area contributed by atoms with Crippen molar-refractivity contribution in [1.82, 2.24) is 4.57 Å². The number of fused-ring (bicyclic) bond motifs is 1. The molecule has 2 rings (SSSR count). The molecule has 5 heteroatoms. The van der Waals surface area contributed by atoms with Crippen molar-refractivity contribution in [3.05, 3.63) is 46.3 Å². The molecule has 5 nitrogen and oxygen atoms in total. The van der Waals surface area contributed by atoms with E-state index >= 15 is 0 Å². The number of hydrogen-bond acceptors (Lipinski definition) is 3. The molecule has 0 spiro atoms. The van der Waals surface area contributed by atoms with Crippen molar-refractivity contribution in [2.75, 3.05) is 6.61 Å². The van der Waals surface area contributed by atoms with Crippen molar-refractivity contribution in [3.8, 4) is 5.75 Å². The molecule has 1 aromatic heterocycles. The van der Waals surface area contributed by atoms with Crippen LogP contribution in [0.2, 0.25) is 0 Å². The van der Waals surface area contributed by atoms with Crippen LogP contribution in [0, 0.1) is 0 Å². The molecule has 0 unspecified atom stereocenters. The molecule has 0 aliphatic heterocycles. The van der Waals surface area contributed by atoms with Crippen molar-refractivity contribution in [2.24, 2.45) is 7.05 Å². The topological polar surface area (TPSA) is 68.5 Å². The first kappa shape index (κ1) is 15.8. The van der Waals surface area contributed by atoms with Crippen molar-refractivity contribution < 1.29 is 14.6 Å². The zero-order valence-electron chi connectivity index (χ0n) is 12.7. The van der Waals surface area contributed by atoms with Crippen LogP contribution in [0.4, 0.5) is 0 Å². The second-order valence-electron chi connectivity index (χ2n) is 5.08. The number of carbonyl (C=O) groups is 1. The van der Waals surface area contributed by atoms with Gasteiger partial charge in [0.05, 0.1) is 12.1 Å². The van der Waals surface area contributed by atoms with Crippen molar-refractivity contribution in [3.63, 3.8) is 0 Å². The summed E-state index contributed by atoms with van der Waals surface area (Å²) in [6, 6.07) is 5.39. The quantitative estimate of drug-likeness (QED) is 0.658. The minimum absolute atomic E-state index is 0.202. The van der Waals surface area contributed by atoms with Crippen LogP contribution >= 0.6 is 0 Å². The lowest BCUT2D eigenvalue weighted by molar-refractivity contribution is -0.131. The number of ether oxygens (including phenoxy) is 1. The molecule has 0 bridgehead atoms. The van der Waals surface area contributed by atoms with Gasteiger partial charge in [0.15, 0.2) is 5.43 Å². The Balaban J connectivity index is 2.47. The number of unbranched alkanes of at least 4 members (excludes halogenated alkanes) is 1. The minimum atomic E-state index is -1.08. The number of aromatic nitrogens is 1. The van der Waals surface area contributed by atoms with Gasteiger partial charge in [0, 0.05) is 30.3 Å². The summed E-state index contributed by atoms with van der Waals surface area (Å²) in [4.78, 5) is 23.1. The van der Waals surface area contributed by atoms with Crippen molar-refractivity contribution in [1.29, 1.82) is 0 Å². The van der Waals surface area contributed by atoms with Gasteiger partial charge in [-0.3, -0.25) is 4.79 Å². The van der Waals surface area contributed by atoms with Crippen LogP contribution in [0.5, 0.6) is 5.75 Å². The average Bonchev–Trinajstić information content (AvgIpc) is 2.49. The Morgan fingerprint density at radius 3 is 2.86 bits per heavy atom. The maximum Gasteiger partial charge on any atom is 0.328 e. The first-order valence-electron chi connectivity index (χ1n) is 7.20. The van der Waals surface area contributed by atoms with Gasteiger partial charge in [-0.05, 0) is 30.7 Å². The van der Waals surface area contributed by atoms with E-state index in [0.717, 1.165) is 24.4 Å². The monoisotopic (exact) mass is 301 g/mol. The predicted molar refractivity (Wildman–Crippen MR) is 86.3 cm³/mol. The fourth-order valence-corrected chi connectivity index (χ4v) is 2.20. The van der Waals surface area contributed by atoms with Gasteiger partial charge in [-0.25, -0.2) is 4.79 Å². The number of carboxylic acids is 1. The molecule has 1 heterocycles. The van der Waals surface area contributed by atoms with E-state index in [0.29, 0.717) is 23.3 Å². The predicted octanol–water partition coefficient (Wildman–Crippen LogP) is 2.82. The average molecular weight is 301 g/mol. The lowest BCUT2D eigenvalue weighted by Gasteiger charge is -2.10. The Kier molecular flexibility index (Phi) is 4.99. The Morgan fingerprint density at radius 1 is 1.41 bits per heavy atom. The van der Waals surface area contributed by atoms with Gasteiger partial charge in [0.25, 0.3) is 0 Å².